The highest BCUT2D eigenvalue weighted by molar-refractivity contribution is 5.80. The minimum Gasteiger partial charge on any atom is -0.491 e. The van der Waals surface area contributed by atoms with E-state index in [0.717, 1.165) is 42.5 Å². The molecule has 1 N–H and O–H groups in total. The third-order valence-electron chi connectivity index (χ3n) is 4.50. The number of aryl methyl sites for hydroxylation is 2. The zero-order valence-corrected chi connectivity index (χ0v) is 16.4. The Kier molecular flexibility index (Phi) is 6.70. The summed E-state index contributed by atoms with van der Waals surface area (Å²) in [5.41, 5.74) is 2.24. The van der Waals surface area contributed by atoms with Crippen LogP contribution in [0.15, 0.2) is 41.7 Å². The fourth-order valence-electron chi connectivity index (χ4n) is 3.10. The summed E-state index contributed by atoms with van der Waals surface area (Å²) in [5, 5.41) is 7.63. The van der Waals surface area contributed by atoms with Crippen molar-refractivity contribution in [1.29, 1.82) is 0 Å². The zero-order valence-electron chi connectivity index (χ0n) is 16.4. The van der Waals surface area contributed by atoms with Crippen molar-refractivity contribution in [2.75, 3.05) is 39.4 Å². The monoisotopic (exact) mass is 371 g/mol. The SMILES string of the molecule is CCNC(=NCCOc1ccccc1C)N1CCOC(c2cnn(C)c2)C1. The Morgan fingerprint density at radius 1 is 1.41 bits per heavy atom. The first-order chi connectivity index (χ1) is 13.2. The van der Waals surface area contributed by atoms with Gasteiger partial charge in [-0.05, 0) is 25.5 Å². The number of morpholine rings is 1. The number of rotatable bonds is 6. The fraction of sp³-hybridized carbons (Fsp3) is 0.500. The molecule has 1 atom stereocenters. The van der Waals surface area contributed by atoms with E-state index in [1.165, 1.54) is 0 Å². The number of ether oxygens (including phenoxy) is 2. The molecule has 7 nitrogen and oxygen atoms in total. The Hall–Kier alpha value is -2.54. The molecule has 0 saturated carbocycles. The number of aromatic nitrogens is 2. The largest absolute Gasteiger partial charge is 0.491 e. The van der Waals surface area contributed by atoms with E-state index in [4.69, 9.17) is 14.5 Å². The van der Waals surface area contributed by atoms with Gasteiger partial charge in [0.2, 0.25) is 0 Å². The quantitative estimate of drug-likeness (QED) is 0.479. The molecule has 1 aromatic carbocycles. The number of guanidine groups is 1. The Bertz CT molecular complexity index is 758. The predicted octanol–water partition coefficient (Wildman–Crippen LogP) is 2.15. The summed E-state index contributed by atoms with van der Waals surface area (Å²) in [6, 6.07) is 8.04. The van der Waals surface area contributed by atoms with Gasteiger partial charge >= 0.3 is 0 Å². The summed E-state index contributed by atoms with van der Waals surface area (Å²) in [5.74, 6) is 1.82. The standard InChI is InChI=1S/C20H29N5O2/c1-4-21-20(22-9-11-26-18-8-6-5-7-16(18)2)25-10-12-27-19(15-25)17-13-23-24(3)14-17/h5-8,13-14,19H,4,9-12,15H2,1-3H3,(H,21,22). The first kappa shape index (κ1) is 19.2. The summed E-state index contributed by atoms with van der Waals surface area (Å²) in [7, 11) is 1.92. The minimum atomic E-state index is 0.0134. The van der Waals surface area contributed by atoms with Gasteiger partial charge in [0.05, 0.1) is 25.9 Å². The molecular weight excluding hydrogens is 342 g/mol. The van der Waals surface area contributed by atoms with Crippen LogP contribution in [0, 0.1) is 6.92 Å². The third-order valence-corrected chi connectivity index (χ3v) is 4.50. The highest BCUT2D eigenvalue weighted by atomic mass is 16.5. The number of aliphatic imine (C=N–C) groups is 1. The molecule has 0 aliphatic carbocycles. The second-order valence-electron chi connectivity index (χ2n) is 6.60. The molecule has 1 aromatic heterocycles. The zero-order chi connectivity index (χ0) is 19.1. The summed E-state index contributed by atoms with van der Waals surface area (Å²) in [4.78, 5) is 6.99. The van der Waals surface area contributed by atoms with E-state index >= 15 is 0 Å². The molecule has 146 valence electrons. The van der Waals surface area contributed by atoms with Crippen molar-refractivity contribution >= 4 is 5.96 Å². The van der Waals surface area contributed by atoms with Crippen LogP contribution in [0.1, 0.15) is 24.2 Å². The molecule has 0 spiro atoms. The molecule has 0 bridgehead atoms. The predicted molar refractivity (Wildman–Crippen MR) is 106 cm³/mol. The minimum absolute atomic E-state index is 0.0134. The number of nitrogens with one attached hydrogen (secondary N) is 1. The lowest BCUT2D eigenvalue weighted by molar-refractivity contribution is -0.00805. The maximum atomic E-state index is 5.93. The van der Waals surface area contributed by atoms with Crippen LogP contribution >= 0.6 is 0 Å². The summed E-state index contributed by atoms with van der Waals surface area (Å²) in [6.07, 6.45) is 3.89. The summed E-state index contributed by atoms with van der Waals surface area (Å²) < 4.78 is 13.6. The molecule has 0 amide bonds. The van der Waals surface area contributed by atoms with E-state index in [2.05, 4.69) is 35.2 Å². The molecule has 1 saturated heterocycles. The van der Waals surface area contributed by atoms with Gasteiger partial charge in [-0.2, -0.15) is 5.10 Å². The van der Waals surface area contributed by atoms with E-state index in [1.54, 1.807) is 4.68 Å². The van der Waals surface area contributed by atoms with Gasteiger partial charge in [0.1, 0.15) is 18.5 Å². The van der Waals surface area contributed by atoms with Crippen LogP contribution in [0.2, 0.25) is 0 Å². The normalized spacial score (nSPS) is 17.8. The number of para-hydroxylation sites is 1. The molecule has 2 aromatic rings. The second kappa shape index (κ2) is 9.41. The van der Waals surface area contributed by atoms with Gasteiger partial charge in [-0.3, -0.25) is 4.68 Å². The lowest BCUT2D eigenvalue weighted by Crippen LogP contribution is -2.48. The number of benzene rings is 1. The highest BCUT2D eigenvalue weighted by Crippen LogP contribution is 2.21. The lowest BCUT2D eigenvalue weighted by Gasteiger charge is -2.34. The smallest absolute Gasteiger partial charge is 0.194 e. The molecule has 0 radical (unpaired) electrons. The first-order valence-corrected chi connectivity index (χ1v) is 9.49. The van der Waals surface area contributed by atoms with Crippen LogP contribution in [0.4, 0.5) is 0 Å². The van der Waals surface area contributed by atoms with Gasteiger partial charge < -0.3 is 19.7 Å². The van der Waals surface area contributed by atoms with Gasteiger partial charge in [-0.15, -0.1) is 0 Å². The average molecular weight is 371 g/mol. The van der Waals surface area contributed by atoms with Crippen LogP contribution in [0.5, 0.6) is 5.75 Å². The van der Waals surface area contributed by atoms with E-state index in [1.807, 2.05) is 37.6 Å². The van der Waals surface area contributed by atoms with Crippen LogP contribution < -0.4 is 10.1 Å². The van der Waals surface area contributed by atoms with Gasteiger partial charge in [-0.1, -0.05) is 18.2 Å². The van der Waals surface area contributed by atoms with Crippen molar-refractivity contribution in [3.63, 3.8) is 0 Å². The molecule has 2 heterocycles. The molecule has 27 heavy (non-hydrogen) atoms. The molecule has 1 aliphatic rings. The Morgan fingerprint density at radius 3 is 3.00 bits per heavy atom. The highest BCUT2D eigenvalue weighted by Gasteiger charge is 2.25. The molecule has 7 heteroatoms. The lowest BCUT2D eigenvalue weighted by atomic mass is 10.1. The van der Waals surface area contributed by atoms with Gasteiger partial charge in [0, 0.05) is 31.9 Å². The average Bonchev–Trinajstić information content (AvgIpc) is 3.12. The Morgan fingerprint density at radius 2 is 2.26 bits per heavy atom. The van der Waals surface area contributed by atoms with Crippen molar-refractivity contribution in [3.8, 4) is 5.75 Å². The molecular formula is C20H29N5O2. The van der Waals surface area contributed by atoms with E-state index in [0.29, 0.717) is 19.8 Å². The van der Waals surface area contributed by atoms with Crippen LogP contribution in [0.3, 0.4) is 0 Å². The fourth-order valence-corrected chi connectivity index (χ4v) is 3.10. The van der Waals surface area contributed by atoms with Crippen LogP contribution in [-0.2, 0) is 11.8 Å². The van der Waals surface area contributed by atoms with Crippen molar-refractivity contribution < 1.29 is 9.47 Å². The molecule has 3 rings (SSSR count). The van der Waals surface area contributed by atoms with E-state index < -0.39 is 0 Å². The summed E-state index contributed by atoms with van der Waals surface area (Å²) >= 11 is 0. The number of hydrogen-bond donors (Lipinski definition) is 1. The topological polar surface area (TPSA) is 63.9 Å². The van der Waals surface area contributed by atoms with Gasteiger partial charge in [0.25, 0.3) is 0 Å². The van der Waals surface area contributed by atoms with Crippen molar-refractivity contribution in [2.45, 2.75) is 20.0 Å². The van der Waals surface area contributed by atoms with Crippen LogP contribution in [0.25, 0.3) is 0 Å². The number of nitrogens with zero attached hydrogens (tertiary/aromatic N) is 4. The van der Waals surface area contributed by atoms with E-state index in [-0.39, 0.29) is 6.10 Å². The van der Waals surface area contributed by atoms with E-state index in [9.17, 15) is 0 Å². The summed E-state index contributed by atoms with van der Waals surface area (Å²) in [6.45, 7) is 8.36. The van der Waals surface area contributed by atoms with Gasteiger partial charge in [-0.25, -0.2) is 4.99 Å². The van der Waals surface area contributed by atoms with Gasteiger partial charge in [0.15, 0.2) is 5.96 Å². The first-order valence-electron chi connectivity index (χ1n) is 9.49. The Labute approximate surface area is 161 Å². The molecule has 1 fully saturated rings. The maximum Gasteiger partial charge on any atom is 0.194 e. The number of hydrogen-bond acceptors (Lipinski definition) is 4. The van der Waals surface area contributed by atoms with Crippen molar-refractivity contribution in [2.24, 2.45) is 12.0 Å². The van der Waals surface area contributed by atoms with Crippen molar-refractivity contribution in [1.82, 2.24) is 20.0 Å². The van der Waals surface area contributed by atoms with Crippen molar-refractivity contribution in [3.05, 3.63) is 47.8 Å². The third kappa shape index (κ3) is 5.23. The second-order valence-corrected chi connectivity index (χ2v) is 6.60. The van der Waals surface area contributed by atoms with Crippen LogP contribution in [-0.4, -0.2) is 60.0 Å². The molecule has 1 unspecified atom stereocenters. The molecule has 1 aliphatic heterocycles. The maximum absolute atomic E-state index is 5.93. The Balaban J connectivity index is 1.58.